The molecule has 1 aromatic heterocycles. The second-order valence-electron chi connectivity index (χ2n) is 8.79. The monoisotopic (exact) mass is 418 g/mol. The summed E-state index contributed by atoms with van der Waals surface area (Å²) in [5, 5.41) is 1.15. The molecule has 3 aromatic rings. The molecule has 2 aliphatic rings. The first-order valence-corrected chi connectivity index (χ1v) is 11.4. The molecule has 0 N–H and O–H groups in total. The first-order chi connectivity index (χ1) is 15.3. The number of ether oxygens (including phenoxy) is 1. The van der Waals surface area contributed by atoms with Gasteiger partial charge >= 0.3 is 0 Å². The second-order valence-corrected chi connectivity index (χ2v) is 8.79. The molecule has 3 heterocycles. The van der Waals surface area contributed by atoms with Crippen molar-refractivity contribution in [2.24, 2.45) is 5.92 Å². The van der Waals surface area contributed by atoms with E-state index in [0.29, 0.717) is 26.3 Å². The fourth-order valence-electron chi connectivity index (χ4n) is 4.95. The molecule has 0 radical (unpaired) electrons. The minimum Gasteiger partial charge on any atom is -0.464 e. The molecule has 1 unspecified atom stereocenters. The van der Waals surface area contributed by atoms with E-state index < -0.39 is 0 Å². The van der Waals surface area contributed by atoms with E-state index in [9.17, 15) is 4.79 Å². The van der Waals surface area contributed by atoms with Gasteiger partial charge in [0, 0.05) is 36.5 Å². The summed E-state index contributed by atoms with van der Waals surface area (Å²) in [6.07, 6.45) is 5.12. The third kappa shape index (κ3) is 4.53. The zero-order chi connectivity index (χ0) is 21.0. The summed E-state index contributed by atoms with van der Waals surface area (Å²) < 4.78 is 11.5. The van der Waals surface area contributed by atoms with Crippen LogP contribution in [0.3, 0.4) is 0 Å². The molecule has 0 spiro atoms. The maximum atomic E-state index is 13.6. The Morgan fingerprint density at radius 1 is 0.968 bits per heavy atom. The van der Waals surface area contributed by atoms with Crippen molar-refractivity contribution in [1.29, 1.82) is 0 Å². The van der Waals surface area contributed by atoms with Crippen molar-refractivity contribution in [3.8, 4) is 0 Å². The van der Waals surface area contributed by atoms with Crippen molar-refractivity contribution < 1.29 is 13.9 Å². The Hall–Kier alpha value is -2.63. The van der Waals surface area contributed by atoms with Crippen LogP contribution >= 0.6 is 0 Å². The predicted molar refractivity (Wildman–Crippen MR) is 121 cm³/mol. The lowest BCUT2D eigenvalue weighted by atomic mass is 9.96. The van der Waals surface area contributed by atoms with Crippen molar-refractivity contribution in [1.82, 2.24) is 9.80 Å². The van der Waals surface area contributed by atoms with Crippen LogP contribution in [0.15, 0.2) is 59.2 Å². The topological polar surface area (TPSA) is 45.9 Å². The normalized spacial score (nSPS) is 20.3. The maximum absolute atomic E-state index is 13.6. The van der Waals surface area contributed by atoms with Crippen molar-refractivity contribution in [2.45, 2.75) is 25.8 Å². The van der Waals surface area contributed by atoms with Gasteiger partial charge in [-0.25, -0.2) is 0 Å². The van der Waals surface area contributed by atoms with Crippen LogP contribution in [-0.4, -0.2) is 55.1 Å². The van der Waals surface area contributed by atoms with E-state index in [-0.39, 0.29) is 11.8 Å². The minimum atomic E-state index is 0.131. The van der Waals surface area contributed by atoms with Gasteiger partial charge in [0.15, 0.2) is 0 Å². The zero-order valence-corrected chi connectivity index (χ0v) is 18.0. The van der Waals surface area contributed by atoms with E-state index in [2.05, 4.69) is 17.0 Å². The zero-order valence-electron chi connectivity index (χ0n) is 18.0. The Labute approximate surface area is 183 Å². The van der Waals surface area contributed by atoms with Gasteiger partial charge in [0.05, 0.1) is 19.5 Å². The third-order valence-electron chi connectivity index (χ3n) is 6.56. The number of furan rings is 1. The summed E-state index contributed by atoms with van der Waals surface area (Å²) in [7, 11) is 0. The van der Waals surface area contributed by atoms with Gasteiger partial charge in [-0.15, -0.1) is 0 Å². The van der Waals surface area contributed by atoms with Crippen LogP contribution < -0.4 is 0 Å². The van der Waals surface area contributed by atoms with E-state index in [0.717, 1.165) is 48.2 Å². The lowest BCUT2D eigenvalue weighted by Gasteiger charge is -2.25. The van der Waals surface area contributed by atoms with Crippen LogP contribution in [0.2, 0.25) is 0 Å². The van der Waals surface area contributed by atoms with Crippen LogP contribution in [0, 0.1) is 5.92 Å². The molecule has 2 aromatic carbocycles. The number of rotatable bonds is 5. The quantitative estimate of drug-likeness (QED) is 0.618. The lowest BCUT2D eigenvalue weighted by molar-refractivity contribution is 0.0735. The minimum absolute atomic E-state index is 0.131. The molecule has 2 saturated heterocycles. The van der Waals surface area contributed by atoms with Crippen LogP contribution in [0.5, 0.6) is 0 Å². The van der Waals surface area contributed by atoms with Gasteiger partial charge in [-0.3, -0.25) is 9.69 Å². The Bertz CT molecular complexity index is 1040. The third-order valence-corrected chi connectivity index (χ3v) is 6.56. The predicted octanol–water partition coefficient (Wildman–Crippen LogP) is 4.36. The molecule has 0 bridgehead atoms. The van der Waals surface area contributed by atoms with Gasteiger partial charge in [-0.2, -0.15) is 0 Å². The van der Waals surface area contributed by atoms with Gasteiger partial charge in [0.1, 0.15) is 5.58 Å². The molecule has 31 heavy (non-hydrogen) atoms. The van der Waals surface area contributed by atoms with Crippen LogP contribution in [0.1, 0.15) is 34.3 Å². The average Bonchev–Trinajstić information content (AvgIpc) is 3.43. The van der Waals surface area contributed by atoms with E-state index in [1.54, 1.807) is 6.26 Å². The summed E-state index contributed by atoms with van der Waals surface area (Å²) >= 11 is 0. The summed E-state index contributed by atoms with van der Waals surface area (Å²) in [6.45, 7) is 5.73. The molecule has 1 amide bonds. The number of benzene rings is 2. The van der Waals surface area contributed by atoms with Crippen molar-refractivity contribution in [3.05, 3.63) is 71.5 Å². The van der Waals surface area contributed by atoms with Crippen LogP contribution in [-0.2, 0) is 17.7 Å². The highest BCUT2D eigenvalue weighted by Crippen LogP contribution is 2.25. The van der Waals surface area contributed by atoms with Gasteiger partial charge < -0.3 is 14.1 Å². The largest absolute Gasteiger partial charge is 0.464 e. The molecule has 162 valence electrons. The number of hydrogen-bond donors (Lipinski definition) is 0. The van der Waals surface area contributed by atoms with Crippen molar-refractivity contribution in [2.75, 3.05) is 39.4 Å². The summed E-state index contributed by atoms with van der Waals surface area (Å²) in [6, 6.07) is 16.3. The highest BCUT2D eigenvalue weighted by molar-refractivity contribution is 5.95. The van der Waals surface area contributed by atoms with Crippen molar-refractivity contribution in [3.63, 3.8) is 0 Å². The standard InChI is InChI=1S/C26H30N2O3/c29-26(24-8-2-1-6-22(24)18-27-11-3-4-12-27)28-13-15-30-19-20(17-28)16-21-7-5-9-25-23(21)10-14-31-25/h1-2,5-10,14,20H,3-4,11-13,15-19H2. The summed E-state index contributed by atoms with van der Waals surface area (Å²) in [4.78, 5) is 18.0. The first kappa shape index (κ1) is 20.3. The Balaban J connectivity index is 1.33. The molecule has 0 aliphatic carbocycles. The summed E-state index contributed by atoms with van der Waals surface area (Å²) in [5.74, 6) is 0.393. The number of carbonyl (C=O) groups excluding carboxylic acids is 1. The SMILES string of the molecule is O=C(c1ccccc1CN1CCCC1)N1CCOCC(Cc2cccc3occc23)C1. The van der Waals surface area contributed by atoms with E-state index in [1.807, 2.05) is 41.3 Å². The Morgan fingerprint density at radius 2 is 1.81 bits per heavy atom. The Kier molecular flexibility index (Phi) is 6.05. The lowest BCUT2D eigenvalue weighted by Crippen LogP contribution is -2.37. The Morgan fingerprint density at radius 3 is 2.71 bits per heavy atom. The van der Waals surface area contributed by atoms with Crippen LogP contribution in [0.4, 0.5) is 0 Å². The molecule has 5 nitrogen and oxygen atoms in total. The van der Waals surface area contributed by atoms with Gasteiger partial charge in [0.2, 0.25) is 0 Å². The van der Waals surface area contributed by atoms with Gasteiger partial charge in [-0.1, -0.05) is 30.3 Å². The molecular formula is C26H30N2O3. The second kappa shape index (κ2) is 9.25. The maximum Gasteiger partial charge on any atom is 0.254 e. The first-order valence-electron chi connectivity index (χ1n) is 11.4. The molecular weight excluding hydrogens is 388 g/mol. The van der Waals surface area contributed by atoms with Crippen molar-refractivity contribution >= 4 is 16.9 Å². The fraction of sp³-hybridized carbons (Fsp3) is 0.423. The van der Waals surface area contributed by atoms with Gasteiger partial charge in [0.25, 0.3) is 5.91 Å². The van der Waals surface area contributed by atoms with E-state index in [4.69, 9.17) is 9.15 Å². The molecule has 5 rings (SSSR count). The average molecular weight is 419 g/mol. The number of amides is 1. The number of carbonyl (C=O) groups is 1. The highest BCUT2D eigenvalue weighted by Gasteiger charge is 2.26. The molecule has 2 fully saturated rings. The number of hydrogen-bond acceptors (Lipinski definition) is 4. The number of nitrogens with zero attached hydrogens (tertiary/aromatic N) is 2. The van der Waals surface area contributed by atoms with E-state index >= 15 is 0 Å². The fourth-order valence-corrected chi connectivity index (χ4v) is 4.95. The number of likely N-dealkylation sites (tertiary alicyclic amines) is 1. The molecule has 0 saturated carbocycles. The number of fused-ring (bicyclic) bond motifs is 1. The molecule has 5 heteroatoms. The highest BCUT2D eigenvalue weighted by atomic mass is 16.5. The van der Waals surface area contributed by atoms with Crippen LogP contribution in [0.25, 0.3) is 11.0 Å². The molecule has 2 aliphatic heterocycles. The van der Waals surface area contributed by atoms with E-state index in [1.165, 1.54) is 18.4 Å². The van der Waals surface area contributed by atoms with Gasteiger partial charge in [-0.05, 0) is 61.7 Å². The molecule has 1 atom stereocenters. The smallest absolute Gasteiger partial charge is 0.254 e. The summed E-state index contributed by atoms with van der Waals surface area (Å²) in [5.41, 5.74) is 4.14.